The SMILES string of the molecule is O=S1(=O)CCOCCO1. The molecule has 9 heavy (non-hydrogen) atoms. The maximum Gasteiger partial charge on any atom is 0.269 e. The molecule has 0 spiro atoms. The van der Waals surface area contributed by atoms with Crippen LogP contribution in [-0.4, -0.2) is 34.0 Å². The number of hydrogen-bond donors (Lipinski definition) is 0. The van der Waals surface area contributed by atoms with Gasteiger partial charge in [-0.3, -0.25) is 4.18 Å². The molecule has 0 bridgehead atoms. The third-order valence-electron chi connectivity index (χ3n) is 0.968. The van der Waals surface area contributed by atoms with Crippen molar-refractivity contribution in [1.29, 1.82) is 0 Å². The lowest BCUT2D eigenvalue weighted by Gasteiger charge is -1.94. The molecule has 4 nitrogen and oxygen atoms in total. The Morgan fingerprint density at radius 2 is 1.89 bits per heavy atom. The molecule has 5 heteroatoms. The third kappa shape index (κ3) is 2.30. The summed E-state index contributed by atoms with van der Waals surface area (Å²) in [7, 11) is -3.24. The van der Waals surface area contributed by atoms with Crippen LogP contribution in [0, 0.1) is 0 Å². The van der Waals surface area contributed by atoms with Crippen molar-refractivity contribution in [3.63, 3.8) is 0 Å². The van der Waals surface area contributed by atoms with Crippen molar-refractivity contribution in [3.8, 4) is 0 Å². The van der Waals surface area contributed by atoms with Gasteiger partial charge >= 0.3 is 0 Å². The minimum Gasteiger partial charge on any atom is -0.378 e. The Balaban J connectivity index is 2.56. The van der Waals surface area contributed by atoms with Gasteiger partial charge in [-0.15, -0.1) is 0 Å². The Morgan fingerprint density at radius 1 is 1.11 bits per heavy atom. The molecule has 0 atom stereocenters. The lowest BCUT2D eigenvalue weighted by Crippen LogP contribution is -2.09. The van der Waals surface area contributed by atoms with Crippen molar-refractivity contribution < 1.29 is 17.3 Å². The molecule has 1 aliphatic heterocycles. The summed E-state index contributed by atoms with van der Waals surface area (Å²) < 4.78 is 30.4. The average molecular weight is 152 g/mol. The summed E-state index contributed by atoms with van der Waals surface area (Å²) in [5.74, 6) is -0.0208. The van der Waals surface area contributed by atoms with Gasteiger partial charge in [-0.05, 0) is 0 Å². The number of hydrogen-bond acceptors (Lipinski definition) is 4. The minimum absolute atomic E-state index is 0.0208. The second kappa shape index (κ2) is 2.64. The summed E-state index contributed by atoms with van der Waals surface area (Å²) in [6, 6.07) is 0. The molecule has 0 aromatic heterocycles. The van der Waals surface area contributed by atoms with Gasteiger partial charge in [-0.2, -0.15) is 8.42 Å². The molecule has 0 aromatic rings. The van der Waals surface area contributed by atoms with Gasteiger partial charge in [0.25, 0.3) is 10.1 Å². The molecule has 0 unspecified atom stereocenters. The molecule has 1 heterocycles. The summed E-state index contributed by atoms with van der Waals surface area (Å²) in [5.41, 5.74) is 0. The molecule has 1 aliphatic rings. The van der Waals surface area contributed by atoms with Gasteiger partial charge in [0.05, 0.1) is 25.6 Å². The highest BCUT2D eigenvalue weighted by Gasteiger charge is 2.13. The second-order valence-electron chi connectivity index (χ2n) is 1.70. The first kappa shape index (κ1) is 6.98. The quantitative estimate of drug-likeness (QED) is 0.433. The average Bonchev–Trinajstić information content (AvgIpc) is 1.92. The van der Waals surface area contributed by atoms with Crippen LogP contribution in [0.3, 0.4) is 0 Å². The number of ether oxygens (including phenoxy) is 1. The Bertz CT molecular complexity index is 157. The molecule has 0 aliphatic carbocycles. The molecule has 54 valence electrons. The predicted octanol–water partition coefficient (Wildman–Crippen LogP) is -0.637. The molecule has 0 amide bonds. The molecule has 1 rings (SSSR count). The normalized spacial score (nSPS) is 27.1. The van der Waals surface area contributed by atoms with Crippen LogP contribution < -0.4 is 0 Å². The van der Waals surface area contributed by atoms with Gasteiger partial charge in [-0.25, -0.2) is 0 Å². The van der Waals surface area contributed by atoms with E-state index < -0.39 is 10.1 Å². The lowest BCUT2D eigenvalue weighted by molar-refractivity contribution is 0.129. The molecular formula is C4H8O4S. The van der Waals surface area contributed by atoms with Crippen LogP contribution in [-0.2, 0) is 19.0 Å². The summed E-state index contributed by atoms with van der Waals surface area (Å²) in [6.07, 6.45) is 0. The van der Waals surface area contributed by atoms with Crippen LogP contribution >= 0.6 is 0 Å². The Morgan fingerprint density at radius 3 is 2.67 bits per heavy atom. The molecule has 0 radical (unpaired) electrons. The molecule has 0 N–H and O–H groups in total. The van der Waals surface area contributed by atoms with E-state index in [1.54, 1.807) is 0 Å². The first-order chi connectivity index (χ1) is 4.21. The van der Waals surface area contributed by atoms with Crippen LogP contribution in [0.2, 0.25) is 0 Å². The number of rotatable bonds is 0. The Labute approximate surface area is 53.9 Å². The molecule has 0 saturated carbocycles. The smallest absolute Gasteiger partial charge is 0.269 e. The summed E-state index contributed by atoms with van der Waals surface area (Å²) in [6.45, 7) is 0.782. The van der Waals surface area contributed by atoms with E-state index >= 15 is 0 Å². The highest BCUT2D eigenvalue weighted by atomic mass is 32.2. The second-order valence-corrected chi connectivity index (χ2v) is 3.46. The highest BCUT2D eigenvalue weighted by molar-refractivity contribution is 7.86. The Kier molecular flexibility index (Phi) is 2.05. The van der Waals surface area contributed by atoms with Crippen molar-refractivity contribution in [2.45, 2.75) is 0 Å². The van der Waals surface area contributed by atoms with Crippen molar-refractivity contribution >= 4 is 10.1 Å². The molecule has 1 saturated heterocycles. The van der Waals surface area contributed by atoms with E-state index in [2.05, 4.69) is 4.18 Å². The van der Waals surface area contributed by atoms with Crippen molar-refractivity contribution in [2.75, 3.05) is 25.6 Å². The van der Waals surface area contributed by atoms with E-state index in [1.165, 1.54) is 0 Å². The topological polar surface area (TPSA) is 52.6 Å². The monoisotopic (exact) mass is 152 g/mol. The summed E-state index contributed by atoms with van der Waals surface area (Å²) in [5, 5.41) is 0. The summed E-state index contributed by atoms with van der Waals surface area (Å²) >= 11 is 0. The van der Waals surface area contributed by atoms with Crippen molar-refractivity contribution in [3.05, 3.63) is 0 Å². The van der Waals surface area contributed by atoms with E-state index in [4.69, 9.17) is 4.74 Å². The van der Waals surface area contributed by atoms with Crippen molar-refractivity contribution in [1.82, 2.24) is 0 Å². The minimum atomic E-state index is -3.24. The van der Waals surface area contributed by atoms with Crippen LogP contribution in [0.25, 0.3) is 0 Å². The zero-order chi connectivity index (χ0) is 6.74. The zero-order valence-corrected chi connectivity index (χ0v) is 5.69. The van der Waals surface area contributed by atoms with E-state index in [0.717, 1.165) is 0 Å². The van der Waals surface area contributed by atoms with Gasteiger partial charge in [-0.1, -0.05) is 0 Å². The van der Waals surface area contributed by atoms with Gasteiger partial charge < -0.3 is 4.74 Å². The van der Waals surface area contributed by atoms with E-state index in [0.29, 0.717) is 6.61 Å². The first-order valence-corrected chi connectivity index (χ1v) is 4.23. The highest BCUT2D eigenvalue weighted by Crippen LogP contribution is 1.97. The molecule has 1 fully saturated rings. The van der Waals surface area contributed by atoms with Crippen LogP contribution in [0.15, 0.2) is 0 Å². The van der Waals surface area contributed by atoms with Gasteiger partial charge in [0.15, 0.2) is 0 Å². The fourth-order valence-corrected chi connectivity index (χ4v) is 1.30. The van der Waals surface area contributed by atoms with Gasteiger partial charge in [0, 0.05) is 0 Å². The van der Waals surface area contributed by atoms with E-state index in [-0.39, 0.29) is 19.0 Å². The van der Waals surface area contributed by atoms with Crippen molar-refractivity contribution in [2.24, 2.45) is 0 Å². The fourth-order valence-electron chi connectivity index (χ4n) is 0.542. The standard InChI is InChI=1S/C4H8O4S/c5-9(6)4-3-7-1-2-8-9/h1-4H2. The molecular weight excluding hydrogens is 144 g/mol. The van der Waals surface area contributed by atoms with E-state index in [1.807, 2.05) is 0 Å². The van der Waals surface area contributed by atoms with Gasteiger partial charge in [0.2, 0.25) is 0 Å². The maximum absolute atomic E-state index is 10.6. The summed E-state index contributed by atoms with van der Waals surface area (Å²) in [4.78, 5) is 0. The van der Waals surface area contributed by atoms with Crippen LogP contribution in [0.1, 0.15) is 0 Å². The van der Waals surface area contributed by atoms with Crippen LogP contribution in [0.4, 0.5) is 0 Å². The third-order valence-corrected chi connectivity index (χ3v) is 2.16. The fraction of sp³-hybridized carbons (Fsp3) is 1.00. The van der Waals surface area contributed by atoms with Gasteiger partial charge in [0.1, 0.15) is 0 Å². The predicted molar refractivity (Wildman–Crippen MR) is 30.6 cm³/mol. The maximum atomic E-state index is 10.6. The Hall–Kier alpha value is -0.130. The lowest BCUT2D eigenvalue weighted by atomic mass is 10.7. The zero-order valence-electron chi connectivity index (χ0n) is 4.87. The first-order valence-electron chi connectivity index (χ1n) is 2.65. The van der Waals surface area contributed by atoms with E-state index in [9.17, 15) is 8.42 Å². The largest absolute Gasteiger partial charge is 0.378 e. The van der Waals surface area contributed by atoms with Crippen LogP contribution in [0.5, 0.6) is 0 Å². The molecule has 0 aromatic carbocycles.